The Kier molecular flexibility index (Phi) is 9.76. The Balaban J connectivity index is 1.65. The van der Waals surface area contributed by atoms with Crippen LogP contribution in [0, 0.1) is 0 Å². The zero-order chi connectivity index (χ0) is 19.3. The molecule has 7 heteroatoms. The third-order valence-electron chi connectivity index (χ3n) is 4.97. The smallest absolute Gasteiger partial charge is 0.305 e. The molecule has 0 aromatic carbocycles. The fourth-order valence-electron chi connectivity index (χ4n) is 3.41. The van der Waals surface area contributed by atoms with E-state index >= 15 is 0 Å². The number of hydrogen-bond acceptors (Lipinski definition) is 5. The second-order valence-electron chi connectivity index (χ2n) is 6.89. The summed E-state index contributed by atoms with van der Waals surface area (Å²) in [7, 11) is 3.23. The molecule has 7 nitrogen and oxygen atoms in total. The number of likely N-dealkylation sites (tertiary alicyclic amines) is 1. The number of carbonyl (C=O) groups excluding carboxylic acids is 1. The maximum Gasteiger partial charge on any atom is 0.305 e. The van der Waals surface area contributed by atoms with Crippen LogP contribution in [0.15, 0.2) is 27.8 Å². The Labute approximate surface area is 162 Å². The fourth-order valence-corrected chi connectivity index (χ4v) is 3.41. The second kappa shape index (κ2) is 12.4. The van der Waals surface area contributed by atoms with E-state index in [-0.39, 0.29) is 12.0 Å². The van der Waals surface area contributed by atoms with Crippen molar-refractivity contribution in [1.82, 2.24) is 15.5 Å². The number of carbonyl (C=O) groups is 1. The summed E-state index contributed by atoms with van der Waals surface area (Å²) in [5.74, 6) is 1.70. The van der Waals surface area contributed by atoms with Gasteiger partial charge in [0.05, 0.1) is 19.4 Å². The van der Waals surface area contributed by atoms with Crippen molar-refractivity contribution in [3.05, 3.63) is 24.2 Å². The lowest BCUT2D eigenvalue weighted by Gasteiger charge is -2.26. The zero-order valence-corrected chi connectivity index (χ0v) is 16.7. The summed E-state index contributed by atoms with van der Waals surface area (Å²) in [6.07, 6.45) is 8.82. The first-order chi connectivity index (χ1) is 13.2. The van der Waals surface area contributed by atoms with Crippen molar-refractivity contribution in [2.24, 2.45) is 4.99 Å². The molecule has 1 aliphatic heterocycles. The van der Waals surface area contributed by atoms with Crippen molar-refractivity contribution in [3.63, 3.8) is 0 Å². The molecule has 152 valence electrons. The van der Waals surface area contributed by atoms with Gasteiger partial charge in [-0.05, 0) is 50.9 Å². The van der Waals surface area contributed by atoms with Gasteiger partial charge in [0.1, 0.15) is 5.76 Å². The Bertz CT molecular complexity index is 554. The van der Waals surface area contributed by atoms with Gasteiger partial charge in [0, 0.05) is 26.6 Å². The molecule has 1 aliphatic rings. The monoisotopic (exact) mass is 378 g/mol. The van der Waals surface area contributed by atoms with E-state index in [1.807, 2.05) is 6.07 Å². The van der Waals surface area contributed by atoms with Crippen LogP contribution >= 0.6 is 0 Å². The molecule has 0 amide bonds. The summed E-state index contributed by atoms with van der Waals surface area (Å²) < 4.78 is 10.3. The molecule has 2 N–H and O–H groups in total. The van der Waals surface area contributed by atoms with Crippen LogP contribution in [0.25, 0.3) is 0 Å². The van der Waals surface area contributed by atoms with E-state index in [9.17, 15) is 4.79 Å². The molecule has 1 atom stereocenters. The highest BCUT2D eigenvalue weighted by Gasteiger charge is 2.25. The molecule has 1 unspecified atom stereocenters. The molecular weight excluding hydrogens is 344 g/mol. The van der Waals surface area contributed by atoms with Crippen LogP contribution in [-0.2, 0) is 9.53 Å². The number of esters is 1. The highest BCUT2D eigenvalue weighted by Crippen LogP contribution is 2.24. The number of nitrogens with one attached hydrogen (secondary N) is 2. The van der Waals surface area contributed by atoms with Crippen LogP contribution < -0.4 is 10.6 Å². The van der Waals surface area contributed by atoms with E-state index in [4.69, 9.17) is 4.42 Å². The summed E-state index contributed by atoms with van der Waals surface area (Å²) in [5.41, 5.74) is 0. The number of hydrogen-bond donors (Lipinski definition) is 2. The largest absolute Gasteiger partial charge is 0.469 e. The van der Waals surface area contributed by atoms with Gasteiger partial charge in [-0.25, -0.2) is 0 Å². The number of unbranched alkanes of at least 4 members (excludes halogenated alkanes) is 3. The van der Waals surface area contributed by atoms with Gasteiger partial charge < -0.3 is 19.8 Å². The summed E-state index contributed by atoms with van der Waals surface area (Å²) in [6.45, 7) is 3.87. The van der Waals surface area contributed by atoms with Gasteiger partial charge in [0.25, 0.3) is 0 Å². The molecular formula is C20H34N4O3. The molecule has 0 bridgehead atoms. The predicted molar refractivity (Wildman–Crippen MR) is 107 cm³/mol. The molecule has 2 rings (SSSR count). The highest BCUT2D eigenvalue weighted by atomic mass is 16.5. The van der Waals surface area contributed by atoms with E-state index in [0.29, 0.717) is 6.42 Å². The molecule has 1 aromatic rings. The minimum atomic E-state index is -0.123. The molecule has 0 aliphatic carbocycles. The normalized spacial score (nSPS) is 16.3. The first kappa shape index (κ1) is 21.3. The Hall–Kier alpha value is -2.02. The van der Waals surface area contributed by atoms with Crippen molar-refractivity contribution in [3.8, 4) is 0 Å². The first-order valence-corrected chi connectivity index (χ1v) is 10.0. The summed E-state index contributed by atoms with van der Waals surface area (Å²) in [5, 5.41) is 6.80. The topological polar surface area (TPSA) is 79.1 Å². The van der Waals surface area contributed by atoms with Crippen molar-refractivity contribution < 1.29 is 13.9 Å². The first-order valence-electron chi connectivity index (χ1n) is 10.0. The van der Waals surface area contributed by atoms with Crippen molar-refractivity contribution >= 4 is 11.9 Å². The van der Waals surface area contributed by atoms with Crippen LogP contribution in [0.1, 0.15) is 56.7 Å². The molecule has 0 spiro atoms. The van der Waals surface area contributed by atoms with Gasteiger partial charge >= 0.3 is 5.97 Å². The molecule has 0 saturated carbocycles. The lowest BCUT2D eigenvalue weighted by Crippen LogP contribution is -2.42. The minimum Gasteiger partial charge on any atom is -0.469 e. The van der Waals surface area contributed by atoms with E-state index < -0.39 is 0 Å². The Morgan fingerprint density at radius 1 is 1.26 bits per heavy atom. The van der Waals surface area contributed by atoms with Crippen molar-refractivity contribution in [2.45, 2.75) is 51.0 Å². The summed E-state index contributed by atoms with van der Waals surface area (Å²) in [6, 6.07) is 4.24. The van der Waals surface area contributed by atoms with Crippen molar-refractivity contribution in [2.75, 3.05) is 40.3 Å². The average molecular weight is 379 g/mol. The average Bonchev–Trinajstić information content (AvgIpc) is 3.40. The van der Waals surface area contributed by atoms with Gasteiger partial charge in [-0.3, -0.25) is 14.7 Å². The SMILES string of the molecule is CN=C(NCCCCCCC(=O)OC)NCC(c1ccco1)N1CCCC1. The molecule has 1 aromatic heterocycles. The quantitative estimate of drug-likeness (QED) is 0.267. The maximum atomic E-state index is 11.1. The number of aliphatic imine (C=N–C) groups is 1. The molecule has 2 heterocycles. The van der Waals surface area contributed by atoms with Crippen LogP contribution in [0.2, 0.25) is 0 Å². The number of guanidine groups is 1. The Morgan fingerprint density at radius 2 is 2.04 bits per heavy atom. The molecule has 27 heavy (non-hydrogen) atoms. The minimum absolute atomic E-state index is 0.123. The Morgan fingerprint density at radius 3 is 2.70 bits per heavy atom. The van der Waals surface area contributed by atoms with Gasteiger partial charge in [-0.1, -0.05) is 12.8 Å². The van der Waals surface area contributed by atoms with Crippen molar-refractivity contribution in [1.29, 1.82) is 0 Å². The summed E-state index contributed by atoms with van der Waals surface area (Å²) in [4.78, 5) is 17.9. The molecule has 0 radical (unpaired) electrons. The number of methoxy groups -OCH3 is 1. The fraction of sp³-hybridized carbons (Fsp3) is 0.700. The molecule has 1 saturated heterocycles. The molecule has 1 fully saturated rings. The van der Waals surface area contributed by atoms with Crippen LogP contribution in [0.4, 0.5) is 0 Å². The zero-order valence-electron chi connectivity index (χ0n) is 16.7. The van der Waals surface area contributed by atoms with Gasteiger partial charge in [0.2, 0.25) is 0 Å². The number of furan rings is 1. The predicted octanol–water partition coefficient (Wildman–Crippen LogP) is 2.71. The standard InChI is InChI=1S/C20H34N4O3/c1-21-20(22-12-6-4-3-5-11-19(25)26-2)23-16-17(18-10-9-15-27-18)24-13-7-8-14-24/h9-10,15,17H,3-8,11-14,16H2,1-2H3,(H2,21,22,23). The van der Waals surface area contributed by atoms with Crippen LogP contribution in [-0.4, -0.2) is 57.2 Å². The van der Waals surface area contributed by atoms with E-state index in [0.717, 1.165) is 63.6 Å². The van der Waals surface area contributed by atoms with Gasteiger partial charge in [-0.2, -0.15) is 0 Å². The lowest BCUT2D eigenvalue weighted by atomic mass is 10.1. The maximum absolute atomic E-state index is 11.1. The lowest BCUT2D eigenvalue weighted by molar-refractivity contribution is -0.140. The van der Waals surface area contributed by atoms with E-state index in [1.165, 1.54) is 20.0 Å². The third-order valence-corrected chi connectivity index (χ3v) is 4.97. The van der Waals surface area contributed by atoms with Crippen LogP contribution in [0.5, 0.6) is 0 Å². The van der Waals surface area contributed by atoms with Gasteiger partial charge in [-0.15, -0.1) is 0 Å². The van der Waals surface area contributed by atoms with E-state index in [2.05, 4.69) is 31.3 Å². The third kappa shape index (κ3) is 7.62. The number of rotatable bonds is 11. The second-order valence-corrected chi connectivity index (χ2v) is 6.89. The number of ether oxygens (including phenoxy) is 1. The van der Waals surface area contributed by atoms with E-state index in [1.54, 1.807) is 13.3 Å². The van der Waals surface area contributed by atoms with Crippen LogP contribution in [0.3, 0.4) is 0 Å². The number of nitrogens with zero attached hydrogens (tertiary/aromatic N) is 2. The summed E-state index contributed by atoms with van der Waals surface area (Å²) >= 11 is 0. The van der Waals surface area contributed by atoms with Gasteiger partial charge in [0.15, 0.2) is 5.96 Å². The highest BCUT2D eigenvalue weighted by molar-refractivity contribution is 5.79.